The van der Waals surface area contributed by atoms with Gasteiger partial charge in [-0.3, -0.25) is 24.0 Å². The topological polar surface area (TPSA) is 247 Å². The van der Waals surface area contributed by atoms with Crippen molar-refractivity contribution in [2.24, 2.45) is 5.73 Å². The second-order valence-corrected chi connectivity index (χ2v) is 9.53. The molecule has 0 radical (unpaired) electrons. The molecule has 7 atom stereocenters. The molecule has 1 aliphatic rings. The molecule has 0 aromatic rings. The molecule has 0 bridgehead atoms. The number of aliphatic hydroxyl groups excluding tert-OH is 4. The Morgan fingerprint density at radius 1 is 0.974 bits per heavy atom. The second-order valence-electron chi connectivity index (χ2n) is 9.53. The Morgan fingerprint density at radius 2 is 1.62 bits per heavy atom. The van der Waals surface area contributed by atoms with Gasteiger partial charge in [-0.05, 0) is 26.2 Å². The van der Waals surface area contributed by atoms with E-state index in [9.17, 15) is 44.4 Å². The van der Waals surface area contributed by atoms with Crippen molar-refractivity contribution in [2.45, 2.75) is 102 Å². The van der Waals surface area contributed by atoms with Crippen LogP contribution < -0.4 is 21.7 Å². The number of rotatable bonds is 17. The van der Waals surface area contributed by atoms with Crippen LogP contribution in [0.15, 0.2) is 0 Å². The van der Waals surface area contributed by atoms with Crippen molar-refractivity contribution in [3.63, 3.8) is 0 Å². The Bertz CT molecular complexity index is 856. The average Bonchev–Trinajstić information content (AvgIpc) is 2.86. The highest BCUT2D eigenvalue weighted by Gasteiger charge is 2.57. The first-order valence-electron chi connectivity index (χ1n) is 12.9. The highest BCUT2D eigenvalue weighted by atomic mass is 16.7. The summed E-state index contributed by atoms with van der Waals surface area (Å²) in [4.78, 5) is 59.3. The largest absolute Gasteiger partial charge is 0.394 e. The first kappa shape index (κ1) is 34.3. The summed E-state index contributed by atoms with van der Waals surface area (Å²) in [5, 5.41) is 47.3. The number of amides is 4. The summed E-state index contributed by atoms with van der Waals surface area (Å²) in [6.07, 6.45) is -4.43. The Balaban J connectivity index is 2.48. The maximum atomic E-state index is 12.6. The zero-order valence-corrected chi connectivity index (χ0v) is 22.6. The molecule has 0 unspecified atom stereocenters. The van der Waals surface area contributed by atoms with Gasteiger partial charge in [0.05, 0.1) is 13.2 Å². The zero-order chi connectivity index (χ0) is 29.8. The summed E-state index contributed by atoms with van der Waals surface area (Å²) in [5.41, 5.74) is 5.16. The van der Waals surface area contributed by atoms with E-state index in [0.717, 1.165) is 6.92 Å². The SMILES string of the molecule is CC(=O)N[C@H](C)C(=O)N[C@@H](CCC(N)=O)C(=O)NCCCCCCO[C@@]1(C(C)=O)O[C@@H](CO)[C@H](O)[C@@H](O)[C@H]1O. The van der Waals surface area contributed by atoms with Gasteiger partial charge in [-0.25, -0.2) is 0 Å². The molecular formula is C24H42N4O11. The number of hydrogen-bond donors (Lipinski definition) is 8. The Hall–Kier alpha value is -2.69. The normalized spacial score (nSPS) is 26.2. The molecule has 1 aliphatic heterocycles. The zero-order valence-electron chi connectivity index (χ0n) is 22.6. The van der Waals surface area contributed by atoms with Gasteiger partial charge in [0.1, 0.15) is 36.5 Å². The summed E-state index contributed by atoms with van der Waals surface area (Å²) >= 11 is 0. The van der Waals surface area contributed by atoms with Crippen LogP contribution in [0.2, 0.25) is 0 Å². The van der Waals surface area contributed by atoms with Crippen LogP contribution in [-0.2, 0) is 33.4 Å². The van der Waals surface area contributed by atoms with E-state index in [4.69, 9.17) is 15.2 Å². The standard InChI is InChI=1S/C24H42N4O11/c1-13(27-15(3)31)22(36)28-16(8-9-18(25)32)23(37)26-10-6-4-5-7-11-38-24(14(2)30)21(35)20(34)19(33)17(12-29)39-24/h13,16-17,19-21,29,33-35H,4-12H2,1-3H3,(H2,25,32)(H,26,37)(H,27,31)(H,28,36)/t13-,16+,17+,19+,20-,21-,24+/m1/s1. The molecule has 0 aromatic carbocycles. The third-order valence-electron chi connectivity index (χ3n) is 6.25. The number of primary amides is 1. The molecule has 9 N–H and O–H groups in total. The number of unbranched alkanes of at least 4 members (excludes halogenated alkanes) is 3. The minimum atomic E-state index is -2.22. The summed E-state index contributed by atoms with van der Waals surface area (Å²) in [5.74, 6) is -5.08. The maximum absolute atomic E-state index is 12.6. The fourth-order valence-corrected chi connectivity index (χ4v) is 4.02. The molecule has 224 valence electrons. The molecular weight excluding hydrogens is 520 g/mol. The highest BCUT2D eigenvalue weighted by molar-refractivity contribution is 5.91. The fraction of sp³-hybridized carbons (Fsp3) is 0.792. The van der Waals surface area contributed by atoms with Crippen molar-refractivity contribution >= 4 is 29.4 Å². The lowest BCUT2D eigenvalue weighted by atomic mass is 9.90. The van der Waals surface area contributed by atoms with E-state index >= 15 is 0 Å². The van der Waals surface area contributed by atoms with E-state index in [1.54, 1.807) is 0 Å². The van der Waals surface area contributed by atoms with E-state index in [-0.39, 0.29) is 26.0 Å². The molecule has 1 rings (SSSR count). The van der Waals surface area contributed by atoms with E-state index in [0.29, 0.717) is 25.7 Å². The van der Waals surface area contributed by atoms with Crippen molar-refractivity contribution < 1.29 is 53.9 Å². The van der Waals surface area contributed by atoms with Crippen molar-refractivity contribution in [1.82, 2.24) is 16.0 Å². The first-order valence-corrected chi connectivity index (χ1v) is 12.9. The van der Waals surface area contributed by atoms with Gasteiger partial charge in [0, 0.05) is 26.8 Å². The lowest BCUT2D eigenvalue weighted by Crippen LogP contribution is -2.68. The number of carbonyl (C=O) groups is 5. The van der Waals surface area contributed by atoms with Gasteiger partial charge in [0.25, 0.3) is 5.79 Å². The molecule has 39 heavy (non-hydrogen) atoms. The number of hydrogen-bond acceptors (Lipinski definition) is 11. The van der Waals surface area contributed by atoms with Crippen LogP contribution in [0, 0.1) is 0 Å². The summed E-state index contributed by atoms with van der Waals surface area (Å²) in [6, 6.07) is -1.89. The number of carbonyl (C=O) groups excluding carboxylic acids is 5. The monoisotopic (exact) mass is 562 g/mol. The smallest absolute Gasteiger partial charge is 0.258 e. The van der Waals surface area contributed by atoms with Gasteiger partial charge in [0.15, 0.2) is 5.78 Å². The number of nitrogens with two attached hydrogens (primary N) is 1. The molecule has 0 aromatic heterocycles. The summed E-state index contributed by atoms with van der Waals surface area (Å²) < 4.78 is 10.9. The first-order chi connectivity index (χ1) is 18.3. The predicted molar refractivity (Wildman–Crippen MR) is 134 cm³/mol. The molecule has 1 fully saturated rings. The maximum Gasteiger partial charge on any atom is 0.258 e. The summed E-state index contributed by atoms with van der Waals surface area (Å²) in [7, 11) is 0. The minimum Gasteiger partial charge on any atom is -0.394 e. The number of nitrogens with one attached hydrogen (secondary N) is 3. The molecule has 0 spiro atoms. The van der Waals surface area contributed by atoms with E-state index in [1.165, 1.54) is 13.8 Å². The van der Waals surface area contributed by atoms with Crippen LogP contribution in [-0.4, -0.2) is 112 Å². The Labute approximate surface area is 226 Å². The van der Waals surface area contributed by atoms with Gasteiger partial charge >= 0.3 is 0 Å². The molecule has 1 saturated heterocycles. The highest BCUT2D eigenvalue weighted by Crippen LogP contribution is 2.32. The van der Waals surface area contributed by atoms with Gasteiger partial charge in [-0.2, -0.15) is 0 Å². The van der Waals surface area contributed by atoms with Crippen molar-refractivity contribution in [1.29, 1.82) is 0 Å². The fourth-order valence-electron chi connectivity index (χ4n) is 4.02. The van der Waals surface area contributed by atoms with Crippen LogP contribution in [0.4, 0.5) is 0 Å². The van der Waals surface area contributed by atoms with Gasteiger partial charge in [-0.15, -0.1) is 0 Å². The second kappa shape index (κ2) is 16.4. The quantitative estimate of drug-likeness (QED) is 0.0816. The van der Waals surface area contributed by atoms with Crippen molar-refractivity contribution in [2.75, 3.05) is 19.8 Å². The molecule has 15 nitrogen and oxygen atoms in total. The number of aliphatic hydroxyl groups is 4. The van der Waals surface area contributed by atoms with E-state index in [1.807, 2.05) is 0 Å². The van der Waals surface area contributed by atoms with Gasteiger partial charge in [-0.1, -0.05) is 12.8 Å². The average molecular weight is 563 g/mol. The lowest BCUT2D eigenvalue weighted by molar-refractivity contribution is -0.344. The Kier molecular flexibility index (Phi) is 14.5. The summed E-state index contributed by atoms with van der Waals surface area (Å²) in [6.45, 7) is 3.35. The van der Waals surface area contributed by atoms with Gasteiger partial charge in [0.2, 0.25) is 23.6 Å². The predicted octanol–water partition coefficient (Wildman–Crippen LogP) is -3.29. The van der Waals surface area contributed by atoms with Crippen LogP contribution in [0.25, 0.3) is 0 Å². The molecule has 0 aliphatic carbocycles. The molecule has 15 heteroatoms. The van der Waals surface area contributed by atoms with E-state index in [2.05, 4.69) is 16.0 Å². The van der Waals surface area contributed by atoms with Crippen molar-refractivity contribution in [3.8, 4) is 0 Å². The lowest BCUT2D eigenvalue weighted by Gasteiger charge is -2.46. The minimum absolute atomic E-state index is 0.00821. The van der Waals surface area contributed by atoms with Crippen LogP contribution >= 0.6 is 0 Å². The number of Topliss-reactive ketones (excluding diaryl/α,β-unsaturated/α-hetero) is 1. The third-order valence-corrected chi connectivity index (χ3v) is 6.25. The van der Waals surface area contributed by atoms with Crippen LogP contribution in [0.5, 0.6) is 0 Å². The Morgan fingerprint density at radius 3 is 2.18 bits per heavy atom. The molecule has 4 amide bonds. The number of ether oxygens (including phenoxy) is 2. The van der Waals surface area contributed by atoms with Crippen molar-refractivity contribution in [3.05, 3.63) is 0 Å². The van der Waals surface area contributed by atoms with Crippen LogP contribution in [0.1, 0.15) is 59.3 Å². The van der Waals surface area contributed by atoms with E-state index < -0.39 is 78.3 Å². The molecule has 1 heterocycles. The molecule has 0 saturated carbocycles. The van der Waals surface area contributed by atoms with Crippen LogP contribution in [0.3, 0.4) is 0 Å². The third kappa shape index (κ3) is 10.4. The number of ketones is 1. The van der Waals surface area contributed by atoms with Gasteiger partial charge < -0.3 is 51.6 Å².